The lowest BCUT2D eigenvalue weighted by molar-refractivity contribution is -0.105. The summed E-state index contributed by atoms with van der Waals surface area (Å²) >= 11 is 5.22. The Kier molecular flexibility index (Phi) is 3.79. The maximum atomic E-state index is 5.73. The summed E-state index contributed by atoms with van der Waals surface area (Å²) in [5, 5.41) is 3.44. The van der Waals surface area contributed by atoms with Crippen molar-refractivity contribution in [1.29, 1.82) is 0 Å². The zero-order chi connectivity index (χ0) is 10.7. The molecule has 2 rings (SSSR count). The average Bonchev–Trinajstić information content (AvgIpc) is 2.56. The quantitative estimate of drug-likeness (QED) is 0.866. The Morgan fingerprint density at radius 1 is 1.53 bits per heavy atom. The summed E-state index contributed by atoms with van der Waals surface area (Å²) in [6.45, 7) is 4.15. The van der Waals surface area contributed by atoms with Gasteiger partial charge in [-0.3, -0.25) is 0 Å². The number of hydrogen-bond donors (Lipinski definition) is 2. The fraction of sp³-hybridized carbons (Fsp3) is 0.600. The van der Waals surface area contributed by atoms with E-state index in [1.54, 1.807) is 11.3 Å². The highest BCUT2D eigenvalue weighted by molar-refractivity contribution is 9.11. The smallest absolute Gasteiger partial charge is 0.0701 e. The number of nitrogens with two attached hydrogens (primary N) is 1. The predicted octanol–water partition coefficient (Wildman–Crippen LogP) is 1.58. The van der Waals surface area contributed by atoms with Gasteiger partial charge in [0.15, 0.2) is 0 Å². The summed E-state index contributed by atoms with van der Waals surface area (Å²) < 4.78 is 6.39. The minimum Gasteiger partial charge on any atom is -0.380 e. The normalized spacial score (nSPS) is 18.8. The molecular formula is C10H15BrN2OS. The van der Waals surface area contributed by atoms with Crippen molar-refractivity contribution in [2.75, 3.05) is 26.3 Å². The Balaban J connectivity index is 1.74. The molecule has 1 aliphatic heterocycles. The third-order valence-electron chi connectivity index (χ3n) is 2.68. The van der Waals surface area contributed by atoms with Gasteiger partial charge in [0, 0.05) is 29.9 Å². The Bertz CT molecular complexity index is 319. The molecule has 0 unspecified atom stereocenters. The van der Waals surface area contributed by atoms with Crippen LogP contribution >= 0.6 is 27.3 Å². The second-order valence-electron chi connectivity index (χ2n) is 4.01. The molecule has 5 heteroatoms. The van der Waals surface area contributed by atoms with E-state index < -0.39 is 0 Å². The van der Waals surface area contributed by atoms with E-state index in [4.69, 9.17) is 10.5 Å². The first kappa shape index (κ1) is 11.5. The van der Waals surface area contributed by atoms with Gasteiger partial charge in [0.1, 0.15) is 0 Å². The van der Waals surface area contributed by atoms with Gasteiger partial charge in [-0.15, -0.1) is 11.3 Å². The van der Waals surface area contributed by atoms with Crippen LogP contribution in [-0.4, -0.2) is 26.3 Å². The molecule has 3 nitrogen and oxygen atoms in total. The lowest BCUT2D eigenvalue weighted by Crippen LogP contribution is -2.54. The molecular weight excluding hydrogens is 276 g/mol. The van der Waals surface area contributed by atoms with Crippen LogP contribution in [0.15, 0.2) is 15.9 Å². The van der Waals surface area contributed by atoms with Crippen molar-refractivity contribution in [2.24, 2.45) is 11.1 Å². The summed E-state index contributed by atoms with van der Waals surface area (Å²) in [4.78, 5) is 1.34. The summed E-state index contributed by atoms with van der Waals surface area (Å²) in [6.07, 6.45) is 0. The van der Waals surface area contributed by atoms with Gasteiger partial charge in [-0.1, -0.05) is 0 Å². The van der Waals surface area contributed by atoms with E-state index in [0.717, 1.165) is 26.3 Å². The van der Waals surface area contributed by atoms with Crippen molar-refractivity contribution in [3.8, 4) is 0 Å². The molecule has 0 bridgehead atoms. The highest BCUT2D eigenvalue weighted by Gasteiger charge is 2.36. The van der Waals surface area contributed by atoms with Crippen molar-refractivity contribution < 1.29 is 4.74 Å². The van der Waals surface area contributed by atoms with Crippen LogP contribution in [0.3, 0.4) is 0 Å². The molecule has 1 aromatic rings. The first-order chi connectivity index (χ1) is 7.24. The molecule has 0 radical (unpaired) electrons. The Morgan fingerprint density at radius 3 is 2.80 bits per heavy atom. The molecule has 15 heavy (non-hydrogen) atoms. The molecule has 0 aliphatic carbocycles. The largest absolute Gasteiger partial charge is 0.380 e. The van der Waals surface area contributed by atoms with Gasteiger partial charge in [0.05, 0.1) is 17.0 Å². The van der Waals surface area contributed by atoms with E-state index in [2.05, 4.69) is 33.4 Å². The van der Waals surface area contributed by atoms with E-state index in [0.29, 0.717) is 6.54 Å². The molecule has 1 aliphatic rings. The van der Waals surface area contributed by atoms with Crippen LogP contribution < -0.4 is 11.1 Å². The second kappa shape index (κ2) is 4.93. The minimum absolute atomic E-state index is 0.189. The third kappa shape index (κ3) is 2.79. The predicted molar refractivity (Wildman–Crippen MR) is 66.0 cm³/mol. The Hall–Kier alpha value is 0.0600. The van der Waals surface area contributed by atoms with Crippen molar-refractivity contribution in [2.45, 2.75) is 6.54 Å². The van der Waals surface area contributed by atoms with Crippen molar-refractivity contribution >= 4 is 27.3 Å². The van der Waals surface area contributed by atoms with Crippen molar-refractivity contribution in [3.05, 3.63) is 20.8 Å². The molecule has 1 aromatic heterocycles. The molecule has 0 aromatic carbocycles. The zero-order valence-electron chi connectivity index (χ0n) is 8.46. The fourth-order valence-corrected chi connectivity index (χ4v) is 3.03. The maximum absolute atomic E-state index is 5.73. The fourth-order valence-electron chi connectivity index (χ4n) is 1.58. The van der Waals surface area contributed by atoms with Crippen molar-refractivity contribution in [1.82, 2.24) is 5.32 Å². The third-order valence-corrected chi connectivity index (χ3v) is 4.30. The monoisotopic (exact) mass is 290 g/mol. The second-order valence-corrected chi connectivity index (χ2v) is 6.55. The molecule has 0 saturated carbocycles. The van der Waals surface area contributed by atoms with Crippen LogP contribution in [0.5, 0.6) is 0 Å². The number of hydrogen-bond acceptors (Lipinski definition) is 4. The molecule has 1 fully saturated rings. The highest BCUT2D eigenvalue weighted by Crippen LogP contribution is 2.26. The van der Waals surface area contributed by atoms with E-state index in [1.807, 2.05) is 0 Å². The van der Waals surface area contributed by atoms with Gasteiger partial charge in [-0.05, 0) is 28.1 Å². The highest BCUT2D eigenvalue weighted by atomic mass is 79.9. The molecule has 3 N–H and O–H groups in total. The van der Waals surface area contributed by atoms with Crippen molar-refractivity contribution in [3.63, 3.8) is 0 Å². The van der Waals surface area contributed by atoms with Gasteiger partial charge in [0.25, 0.3) is 0 Å². The van der Waals surface area contributed by atoms with Crippen LogP contribution in [0.1, 0.15) is 4.88 Å². The zero-order valence-corrected chi connectivity index (χ0v) is 10.9. The molecule has 0 atom stereocenters. The summed E-state index contributed by atoms with van der Waals surface area (Å²) in [6, 6.07) is 4.21. The van der Waals surface area contributed by atoms with Gasteiger partial charge >= 0.3 is 0 Å². The molecule has 2 heterocycles. The van der Waals surface area contributed by atoms with Gasteiger partial charge in [0.2, 0.25) is 0 Å². The standard InChI is InChI=1S/C10H15BrN2OS/c11-9-2-1-8(15-9)3-13-5-10(4-12)6-14-7-10/h1-2,13H,3-7,12H2. The van der Waals surface area contributed by atoms with E-state index in [9.17, 15) is 0 Å². The van der Waals surface area contributed by atoms with Gasteiger partial charge < -0.3 is 15.8 Å². The van der Waals surface area contributed by atoms with E-state index in [-0.39, 0.29) is 5.41 Å². The average molecular weight is 291 g/mol. The van der Waals surface area contributed by atoms with E-state index >= 15 is 0 Å². The van der Waals surface area contributed by atoms with Gasteiger partial charge in [-0.2, -0.15) is 0 Å². The molecule has 0 spiro atoms. The number of nitrogens with one attached hydrogen (secondary N) is 1. The number of halogens is 1. The minimum atomic E-state index is 0.189. The van der Waals surface area contributed by atoms with Crippen LogP contribution in [0, 0.1) is 5.41 Å². The molecule has 1 saturated heterocycles. The maximum Gasteiger partial charge on any atom is 0.0701 e. The summed E-state index contributed by atoms with van der Waals surface area (Å²) in [7, 11) is 0. The van der Waals surface area contributed by atoms with Crippen LogP contribution in [0.2, 0.25) is 0 Å². The molecule has 0 amide bonds. The Labute approximate surface area is 102 Å². The SMILES string of the molecule is NCC1(CNCc2ccc(Br)s2)COC1. The van der Waals surface area contributed by atoms with E-state index in [1.165, 1.54) is 8.66 Å². The topological polar surface area (TPSA) is 47.3 Å². The van der Waals surface area contributed by atoms with Crippen LogP contribution in [-0.2, 0) is 11.3 Å². The van der Waals surface area contributed by atoms with Crippen LogP contribution in [0.25, 0.3) is 0 Å². The summed E-state index contributed by atoms with van der Waals surface area (Å²) in [5.74, 6) is 0. The Morgan fingerprint density at radius 2 is 2.33 bits per heavy atom. The number of rotatable bonds is 5. The first-order valence-electron chi connectivity index (χ1n) is 4.97. The van der Waals surface area contributed by atoms with Gasteiger partial charge in [-0.25, -0.2) is 0 Å². The summed E-state index contributed by atoms with van der Waals surface area (Å²) in [5.41, 5.74) is 5.92. The molecule has 84 valence electrons. The number of ether oxygens (including phenoxy) is 1. The van der Waals surface area contributed by atoms with Crippen LogP contribution in [0.4, 0.5) is 0 Å². The lowest BCUT2D eigenvalue weighted by atomic mass is 9.86. The first-order valence-corrected chi connectivity index (χ1v) is 6.58. The lowest BCUT2D eigenvalue weighted by Gasteiger charge is -2.40. The number of thiophene rings is 1.